The molecule has 3 aromatic rings. The van der Waals surface area contributed by atoms with Crippen molar-refractivity contribution < 1.29 is 23.8 Å². The second kappa shape index (κ2) is 11.5. The molecule has 36 heavy (non-hydrogen) atoms. The number of benzene rings is 2. The van der Waals surface area contributed by atoms with Gasteiger partial charge in [0.2, 0.25) is 5.91 Å². The first-order chi connectivity index (χ1) is 17.4. The van der Waals surface area contributed by atoms with Crippen molar-refractivity contribution in [3.05, 3.63) is 69.0 Å². The molecule has 1 aliphatic rings. The minimum absolute atomic E-state index is 0.0650. The van der Waals surface area contributed by atoms with Gasteiger partial charge in [0.25, 0.3) is 11.5 Å². The number of likely N-dealkylation sites (tertiary alicyclic amines) is 1. The number of carbonyl (C=O) groups is 2. The average molecular weight is 517 g/mol. The summed E-state index contributed by atoms with van der Waals surface area (Å²) in [4.78, 5) is 45.2. The normalized spacial score (nSPS) is 14.1. The number of nitrogens with zero attached hydrogens (tertiary/aromatic N) is 2. The molecule has 0 spiro atoms. The Labute approximate surface area is 211 Å². The summed E-state index contributed by atoms with van der Waals surface area (Å²) in [6, 6.07) is 9.47. The van der Waals surface area contributed by atoms with E-state index in [0.29, 0.717) is 24.5 Å². The highest BCUT2D eigenvalue weighted by Gasteiger charge is 2.23. The number of aromatic amines is 1. The Balaban J connectivity index is 1.41. The first kappa shape index (κ1) is 25.6. The smallest absolute Gasteiger partial charge is 0.287 e. The molecule has 1 saturated heterocycles. The molecule has 2 amide bonds. The Morgan fingerprint density at radius 2 is 2.03 bits per heavy atom. The summed E-state index contributed by atoms with van der Waals surface area (Å²) >= 11 is 5.96. The number of nitrogens with one attached hydrogen (secondary N) is 2. The lowest BCUT2D eigenvalue weighted by molar-refractivity contribution is -0.135. The number of aliphatic hydroxyl groups excluding tert-OH is 1. The molecule has 11 heteroatoms. The summed E-state index contributed by atoms with van der Waals surface area (Å²) in [6.07, 6.45) is 2.12. The summed E-state index contributed by atoms with van der Waals surface area (Å²) < 4.78 is 20.3. The van der Waals surface area contributed by atoms with E-state index in [0.717, 1.165) is 24.5 Å². The van der Waals surface area contributed by atoms with E-state index >= 15 is 0 Å². The van der Waals surface area contributed by atoms with E-state index in [9.17, 15) is 18.8 Å². The number of rotatable bonds is 8. The van der Waals surface area contributed by atoms with Crippen LogP contribution in [0.3, 0.4) is 0 Å². The van der Waals surface area contributed by atoms with Gasteiger partial charge < -0.3 is 25.0 Å². The number of halogens is 2. The van der Waals surface area contributed by atoms with Gasteiger partial charge in [-0.25, -0.2) is 9.37 Å². The first-order valence-electron chi connectivity index (χ1n) is 11.6. The Morgan fingerprint density at radius 3 is 2.75 bits per heavy atom. The van der Waals surface area contributed by atoms with Crippen molar-refractivity contribution in [2.75, 3.05) is 26.3 Å². The third kappa shape index (κ3) is 6.00. The van der Waals surface area contributed by atoms with Crippen molar-refractivity contribution >= 4 is 34.3 Å². The largest absolute Gasteiger partial charge is 0.490 e. The van der Waals surface area contributed by atoms with Gasteiger partial charge >= 0.3 is 0 Å². The van der Waals surface area contributed by atoms with Crippen LogP contribution in [0.1, 0.15) is 35.4 Å². The molecule has 2 aromatic carbocycles. The maximum absolute atomic E-state index is 14.6. The second-order valence-corrected chi connectivity index (χ2v) is 9.05. The van der Waals surface area contributed by atoms with Crippen molar-refractivity contribution in [2.45, 2.75) is 25.8 Å². The lowest BCUT2D eigenvalue weighted by Crippen LogP contribution is -2.40. The fraction of sp³-hybridized carbons (Fsp3) is 0.360. The van der Waals surface area contributed by atoms with Gasteiger partial charge in [0.15, 0.2) is 17.4 Å². The molecule has 9 nitrogen and oxygen atoms in total. The van der Waals surface area contributed by atoms with Crippen LogP contribution in [0.2, 0.25) is 5.02 Å². The lowest BCUT2D eigenvalue weighted by Gasteiger charge is -2.31. The molecule has 1 fully saturated rings. The molecule has 0 saturated carbocycles. The number of amides is 2. The van der Waals surface area contributed by atoms with E-state index in [-0.39, 0.29) is 47.5 Å². The Hall–Kier alpha value is -3.50. The zero-order valence-electron chi connectivity index (χ0n) is 19.4. The molecule has 2 heterocycles. The monoisotopic (exact) mass is 516 g/mol. The third-order valence-corrected chi connectivity index (χ3v) is 6.45. The van der Waals surface area contributed by atoms with Crippen LogP contribution in [-0.2, 0) is 11.3 Å². The molecule has 0 bridgehead atoms. The van der Waals surface area contributed by atoms with Gasteiger partial charge in [-0.2, -0.15) is 0 Å². The van der Waals surface area contributed by atoms with Crippen LogP contribution < -0.4 is 15.6 Å². The maximum Gasteiger partial charge on any atom is 0.287 e. The van der Waals surface area contributed by atoms with Crippen molar-refractivity contribution in [3.63, 3.8) is 0 Å². The summed E-state index contributed by atoms with van der Waals surface area (Å²) in [5, 5.41) is 12.1. The number of aliphatic hydroxyl groups is 1. The SMILES string of the molecule is O=C(NCc1cccc(Cl)c1)c1nc2ccc(F)c(OCCC3CCN(C(=O)CO)CC3)c2c(=O)[nH]1. The first-order valence-corrected chi connectivity index (χ1v) is 12.0. The molecular weight excluding hydrogens is 491 g/mol. The summed E-state index contributed by atoms with van der Waals surface area (Å²) in [5.74, 6) is -1.71. The zero-order chi connectivity index (χ0) is 25.7. The fourth-order valence-electron chi connectivity index (χ4n) is 4.24. The lowest BCUT2D eigenvalue weighted by atomic mass is 9.94. The number of fused-ring (bicyclic) bond motifs is 1. The van der Waals surface area contributed by atoms with Crippen molar-refractivity contribution in [3.8, 4) is 5.75 Å². The number of H-pyrrole nitrogens is 1. The van der Waals surface area contributed by atoms with E-state index in [1.165, 1.54) is 6.07 Å². The van der Waals surface area contributed by atoms with Crippen LogP contribution in [0, 0.1) is 11.7 Å². The van der Waals surface area contributed by atoms with Crippen LogP contribution in [0.5, 0.6) is 5.75 Å². The van der Waals surface area contributed by atoms with Gasteiger partial charge in [-0.3, -0.25) is 14.4 Å². The Morgan fingerprint density at radius 1 is 1.25 bits per heavy atom. The number of hydrogen-bond donors (Lipinski definition) is 3. The molecule has 190 valence electrons. The van der Waals surface area contributed by atoms with E-state index in [1.807, 2.05) is 0 Å². The quantitative estimate of drug-likeness (QED) is 0.423. The minimum Gasteiger partial charge on any atom is -0.490 e. The number of ether oxygens (including phenoxy) is 1. The predicted octanol–water partition coefficient (Wildman–Crippen LogP) is 2.65. The van der Waals surface area contributed by atoms with Crippen LogP contribution in [-0.4, -0.2) is 58.1 Å². The summed E-state index contributed by atoms with van der Waals surface area (Å²) in [5.41, 5.74) is 0.236. The highest BCUT2D eigenvalue weighted by atomic mass is 35.5. The molecule has 0 radical (unpaired) electrons. The number of aromatic nitrogens is 2. The topological polar surface area (TPSA) is 125 Å². The predicted molar refractivity (Wildman–Crippen MR) is 131 cm³/mol. The summed E-state index contributed by atoms with van der Waals surface area (Å²) in [6.45, 7) is 0.973. The van der Waals surface area contributed by atoms with Crippen LogP contribution >= 0.6 is 11.6 Å². The highest BCUT2D eigenvalue weighted by molar-refractivity contribution is 6.30. The van der Waals surface area contributed by atoms with Crippen LogP contribution in [0.25, 0.3) is 10.9 Å². The van der Waals surface area contributed by atoms with E-state index in [1.54, 1.807) is 29.2 Å². The minimum atomic E-state index is -0.698. The number of hydrogen-bond acceptors (Lipinski definition) is 6. The van der Waals surface area contributed by atoms with E-state index < -0.39 is 23.9 Å². The van der Waals surface area contributed by atoms with E-state index in [4.69, 9.17) is 21.4 Å². The third-order valence-electron chi connectivity index (χ3n) is 6.21. The second-order valence-electron chi connectivity index (χ2n) is 8.62. The molecule has 0 unspecified atom stereocenters. The molecule has 1 aliphatic heterocycles. The highest BCUT2D eigenvalue weighted by Crippen LogP contribution is 2.27. The van der Waals surface area contributed by atoms with Gasteiger partial charge in [-0.1, -0.05) is 23.7 Å². The molecule has 0 atom stereocenters. The van der Waals surface area contributed by atoms with Crippen molar-refractivity contribution in [1.82, 2.24) is 20.2 Å². The van der Waals surface area contributed by atoms with Gasteiger partial charge in [0, 0.05) is 24.7 Å². The molecule has 3 N–H and O–H groups in total. The van der Waals surface area contributed by atoms with Gasteiger partial charge in [0.05, 0.1) is 12.1 Å². The Bertz CT molecular complexity index is 1320. The van der Waals surface area contributed by atoms with Crippen LogP contribution in [0.15, 0.2) is 41.2 Å². The van der Waals surface area contributed by atoms with Crippen molar-refractivity contribution in [1.29, 1.82) is 0 Å². The van der Waals surface area contributed by atoms with Crippen LogP contribution in [0.4, 0.5) is 4.39 Å². The van der Waals surface area contributed by atoms with Gasteiger partial charge in [0.1, 0.15) is 12.0 Å². The number of carbonyl (C=O) groups excluding carboxylic acids is 2. The zero-order valence-corrected chi connectivity index (χ0v) is 20.2. The fourth-order valence-corrected chi connectivity index (χ4v) is 4.45. The standard InChI is InChI=1S/C25H26ClFN4O5/c26-17-3-1-2-16(12-17)13-28-25(35)23-29-19-5-4-18(27)22(21(19)24(34)30-23)36-11-8-15-6-9-31(10-7-15)20(33)14-32/h1-5,12,15,32H,6-11,13-14H2,(H,28,35)(H,29,30,34). The molecule has 4 rings (SSSR count). The Kier molecular flexibility index (Phi) is 8.17. The molecule has 0 aliphatic carbocycles. The maximum atomic E-state index is 14.6. The average Bonchev–Trinajstić information content (AvgIpc) is 2.88. The molecule has 1 aromatic heterocycles. The van der Waals surface area contributed by atoms with Crippen molar-refractivity contribution in [2.24, 2.45) is 5.92 Å². The van der Waals surface area contributed by atoms with Gasteiger partial charge in [-0.15, -0.1) is 0 Å². The van der Waals surface area contributed by atoms with E-state index in [2.05, 4.69) is 15.3 Å². The summed E-state index contributed by atoms with van der Waals surface area (Å²) in [7, 11) is 0. The van der Waals surface area contributed by atoms with Gasteiger partial charge in [-0.05, 0) is 55.0 Å². The number of piperidine rings is 1. The molecular formula is C25H26ClFN4O5.